The molecule has 0 bridgehead atoms. The van der Waals surface area contributed by atoms with Gasteiger partial charge >= 0.3 is 6.18 Å². The molecule has 4 rings (SSSR count). The fourth-order valence-corrected chi connectivity index (χ4v) is 3.38. The summed E-state index contributed by atoms with van der Waals surface area (Å²) in [4.78, 5) is 21.2. The number of alkyl halides is 3. The Bertz CT molecular complexity index is 1260. The lowest BCUT2D eigenvalue weighted by atomic mass is 9.98. The first-order valence-corrected chi connectivity index (χ1v) is 9.11. The smallest absolute Gasteiger partial charge is 0.330 e. The number of nitrogens with zero attached hydrogens (tertiary/aromatic N) is 3. The molecular formula is C22H17F3N4O. The van der Waals surface area contributed by atoms with E-state index in [1.54, 1.807) is 48.1 Å². The average molecular weight is 410 g/mol. The maximum atomic E-state index is 13.3. The standard InChI is InChI=1S/C22H17F3N4O/c1-13-15(6-4-7-16(13)22(23,24)25)17-10-9-14-5-3-8-18(19(14)27-17)28-21(30)20-26-11-12-29(20)2/h3-12H,1-2H3,(H,28,30). The van der Waals surface area contributed by atoms with Gasteiger partial charge in [0.25, 0.3) is 5.91 Å². The molecule has 0 spiro atoms. The van der Waals surface area contributed by atoms with Gasteiger partial charge in [-0.1, -0.05) is 30.3 Å². The third kappa shape index (κ3) is 3.52. The number of carbonyl (C=O) groups is 1. The van der Waals surface area contributed by atoms with E-state index in [0.29, 0.717) is 22.5 Å². The third-order valence-electron chi connectivity index (χ3n) is 4.91. The van der Waals surface area contributed by atoms with Gasteiger partial charge < -0.3 is 9.88 Å². The van der Waals surface area contributed by atoms with Crippen molar-refractivity contribution in [3.63, 3.8) is 0 Å². The van der Waals surface area contributed by atoms with Crippen molar-refractivity contribution >= 4 is 22.5 Å². The largest absolute Gasteiger partial charge is 0.416 e. The predicted octanol–water partition coefficient (Wildman–Crippen LogP) is 5.21. The van der Waals surface area contributed by atoms with Crippen molar-refractivity contribution < 1.29 is 18.0 Å². The molecule has 2 heterocycles. The van der Waals surface area contributed by atoms with E-state index in [1.165, 1.54) is 19.2 Å². The maximum Gasteiger partial charge on any atom is 0.416 e. The van der Waals surface area contributed by atoms with Crippen LogP contribution in [-0.2, 0) is 13.2 Å². The molecule has 5 nitrogen and oxygen atoms in total. The molecule has 0 unspecified atom stereocenters. The number of halogens is 3. The van der Waals surface area contributed by atoms with E-state index < -0.39 is 17.6 Å². The molecule has 152 valence electrons. The quantitative estimate of drug-likeness (QED) is 0.504. The van der Waals surface area contributed by atoms with Gasteiger partial charge in [-0.25, -0.2) is 9.97 Å². The van der Waals surface area contributed by atoms with Crippen LogP contribution in [0.4, 0.5) is 18.9 Å². The number of imidazole rings is 1. The van der Waals surface area contributed by atoms with Gasteiger partial charge in [0.05, 0.1) is 22.5 Å². The molecule has 0 saturated heterocycles. The van der Waals surface area contributed by atoms with Gasteiger partial charge in [0.15, 0.2) is 5.82 Å². The number of fused-ring (bicyclic) bond motifs is 1. The third-order valence-corrected chi connectivity index (χ3v) is 4.91. The van der Waals surface area contributed by atoms with Crippen molar-refractivity contribution in [3.05, 3.63) is 77.9 Å². The number of carbonyl (C=O) groups excluding carboxylic acids is 1. The number of hydrogen-bond donors (Lipinski definition) is 1. The van der Waals surface area contributed by atoms with E-state index in [0.717, 1.165) is 11.5 Å². The summed E-state index contributed by atoms with van der Waals surface area (Å²) in [6.45, 7) is 1.43. The van der Waals surface area contributed by atoms with Gasteiger partial charge in [-0.2, -0.15) is 13.2 Å². The van der Waals surface area contributed by atoms with Gasteiger partial charge in [0.1, 0.15) is 0 Å². The fraction of sp³-hybridized carbons (Fsp3) is 0.136. The number of rotatable bonds is 3. The summed E-state index contributed by atoms with van der Waals surface area (Å²) in [5.74, 6) is -0.172. The van der Waals surface area contributed by atoms with Crippen LogP contribution in [-0.4, -0.2) is 20.4 Å². The van der Waals surface area contributed by atoms with Crippen molar-refractivity contribution in [2.45, 2.75) is 13.1 Å². The van der Waals surface area contributed by atoms with E-state index >= 15 is 0 Å². The number of nitrogens with one attached hydrogen (secondary N) is 1. The number of amides is 1. The molecule has 4 aromatic rings. The first-order chi connectivity index (χ1) is 14.3. The number of para-hydroxylation sites is 1. The van der Waals surface area contributed by atoms with Gasteiger partial charge in [0, 0.05) is 30.4 Å². The van der Waals surface area contributed by atoms with Crippen LogP contribution in [0.3, 0.4) is 0 Å². The molecule has 0 saturated carbocycles. The Morgan fingerprint density at radius 1 is 1.07 bits per heavy atom. The summed E-state index contributed by atoms with van der Waals surface area (Å²) in [5.41, 5.74) is 1.12. The van der Waals surface area contributed by atoms with Crippen LogP contribution >= 0.6 is 0 Å². The minimum absolute atomic E-state index is 0.103. The second kappa shape index (κ2) is 7.29. The first kappa shape index (κ1) is 19.6. The molecule has 0 fully saturated rings. The normalized spacial score (nSPS) is 11.6. The number of aromatic nitrogens is 3. The van der Waals surface area contributed by atoms with Crippen molar-refractivity contribution in [2.75, 3.05) is 5.32 Å². The summed E-state index contributed by atoms with van der Waals surface area (Å²) in [7, 11) is 1.71. The van der Waals surface area contributed by atoms with E-state index in [4.69, 9.17) is 0 Å². The SMILES string of the molecule is Cc1c(-c2ccc3cccc(NC(=O)c4nccn4C)c3n2)cccc1C(F)(F)F. The lowest BCUT2D eigenvalue weighted by Crippen LogP contribution is -2.17. The second-order valence-corrected chi connectivity index (χ2v) is 6.87. The molecule has 8 heteroatoms. The van der Waals surface area contributed by atoms with Crippen LogP contribution in [0.2, 0.25) is 0 Å². The monoisotopic (exact) mass is 410 g/mol. The molecule has 2 aromatic carbocycles. The van der Waals surface area contributed by atoms with Gasteiger partial charge in [-0.05, 0) is 30.7 Å². The van der Waals surface area contributed by atoms with Crippen LogP contribution in [0.5, 0.6) is 0 Å². The zero-order valence-electron chi connectivity index (χ0n) is 16.2. The van der Waals surface area contributed by atoms with E-state index in [-0.39, 0.29) is 11.4 Å². The van der Waals surface area contributed by atoms with Crippen LogP contribution in [0.15, 0.2) is 60.9 Å². The average Bonchev–Trinajstić information content (AvgIpc) is 3.13. The molecule has 0 radical (unpaired) electrons. The summed E-state index contributed by atoms with van der Waals surface area (Å²) >= 11 is 0. The van der Waals surface area contributed by atoms with E-state index in [9.17, 15) is 18.0 Å². The van der Waals surface area contributed by atoms with Crippen molar-refractivity contribution in [1.29, 1.82) is 0 Å². The number of aryl methyl sites for hydroxylation is 1. The minimum atomic E-state index is -4.45. The Balaban J connectivity index is 1.79. The van der Waals surface area contributed by atoms with E-state index in [2.05, 4.69) is 15.3 Å². The first-order valence-electron chi connectivity index (χ1n) is 9.11. The van der Waals surface area contributed by atoms with Gasteiger partial charge in [-0.15, -0.1) is 0 Å². The molecule has 1 amide bonds. The lowest BCUT2D eigenvalue weighted by Gasteiger charge is -2.14. The highest BCUT2D eigenvalue weighted by molar-refractivity contribution is 6.06. The Kier molecular flexibility index (Phi) is 4.77. The summed E-state index contributed by atoms with van der Waals surface area (Å²) < 4.78 is 41.5. The fourth-order valence-electron chi connectivity index (χ4n) is 3.38. The van der Waals surface area contributed by atoms with Crippen LogP contribution in [0.1, 0.15) is 21.7 Å². The molecule has 0 aliphatic heterocycles. The van der Waals surface area contributed by atoms with Crippen LogP contribution in [0, 0.1) is 6.92 Å². The highest BCUT2D eigenvalue weighted by atomic mass is 19.4. The minimum Gasteiger partial charge on any atom is -0.330 e. The van der Waals surface area contributed by atoms with Gasteiger partial charge in [0.2, 0.25) is 0 Å². The number of anilines is 1. The zero-order valence-corrected chi connectivity index (χ0v) is 16.2. The summed E-state index contributed by atoms with van der Waals surface area (Å²) in [5, 5.41) is 3.54. The zero-order chi connectivity index (χ0) is 21.5. The molecule has 0 aliphatic rings. The van der Waals surface area contributed by atoms with Crippen molar-refractivity contribution in [1.82, 2.24) is 14.5 Å². The molecule has 2 aromatic heterocycles. The van der Waals surface area contributed by atoms with Gasteiger partial charge in [-0.3, -0.25) is 4.79 Å². The van der Waals surface area contributed by atoms with Crippen LogP contribution < -0.4 is 5.32 Å². The highest BCUT2D eigenvalue weighted by Gasteiger charge is 2.33. The Morgan fingerprint density at radius 2 is 1.83 bits per heavy atom. The Labute approximate surface area is 170 Å². The van der Waals surface area contributed by atoms with Crippen molar-refractivity contribution in [3.8, 4) is 11.3 Å². The molecule has 1 N–H and O–H groups in total. The number of pyridine rings is 1. The van der Waals surface area contributed by atoms with Crippen LogP contribution in [0.25, 0.3) is 22.2 Å². The summed E-state index contributed by atoms with van der Waals surface area (Å²) in [6.07, 6.45) is -1.27. The molecule has 30 heavy (non-hydrogen) atoms. The molecular weight excluding hydrogens is 393 g/mol. The predicted molar refractivity (Wildman–Crippen MR) is 108 cm³/mol. The molecule has 0 atom stereocenters. The second-order valence-electron chi connectivity index (χ2n) is 6.87. The Hall–Kier alpha value is -3.68. The Morgan fingerprint density at radius 3 is 2.53 bits per heavy atom. The van der Waals surface area contributed by atoms with Crippen molar-refractivity contribution in [2.24, 2.45) is 7.05 Å². The highest BCUT2D eigenvalue weighted by Crippen LogP contribution is 2.36. The summed E-state index contributed by atoms with van der Waals surface area (Å²) in [6, 6.07) is 12.8. The van der Waals surface area contributed by atoms with E-state index in [1.807, 2.05) is 6.07 Å². The molecule has 0 aliphatic carbocycles. The maximum absolute atomic E-state index is 13.3. The number of hydrogen-bond acceptors (Lipinski definition) is 3. The topological polar surface area (TPSA) is 59.8 Å². The number of benzene rings is 2. The lowest BCUT2D eigenvalue weighted by molar-refractivity contribution is -0.138.